The second kappa shape index (κ2) is 5.73. The standard InChI is InChI=1S/C19H28N2/c1-2-17-13-21(19(15-8-9-15)16-10-11-16)18(12-20-17)14-6-4-3-5-7-14/h3-7,15-20H,2,8-13H2,1H3. The Hall–Kier alpha value is -0.860. The van der Waals surface area contributed by atoms with E-state index in [1.54, 1.807) is 0 Å². The number of benzene rings is 1. The summed E-state index contributed by atoms with van der Waals surface area (Å²) in [7, 11) is 0. The van der Waals surface area contributed by atoms with Crippen LogP contribution in [-0.2, 0) is 0 Å². The Morgan fingerprint density at radius 2 is 1.76 bits per heavy atom. The Balaban J connectivity index is 1.60. The maximum atomic E-state index is 3.78. The molecule has 0 aromatic heterocycles. The molecule has 2 atom stereocenters. The van der Waals surface area contributed by atoms with Gasteiger partial charge in [-0.05, 0) is 49.5 Å². The number of rotatable bonds is 5. The zero-order chi connectivity index (χ0) is 14.2. The fourth-order valence-electron chi connectivity index (χ4n) is 4.23. The molecule has 1 aromatic carbocycles. The lowest BCUT2D eigenvalue weighted by atomic mass is 9.94. The van der Waals surface area contributed by atoms with Crippen molar-refractivity contribution in [2.75, 3.05) is 13.1 Å². The lowest BCUT2D eigenvalue weighted by molar-refractivity contribution is 0.0571. The maximum Gasteiger partial charge on any atom is 0.0476 e. The van der Waals surface area contributed by atoms with Crippen LogP contribution in [0.2, 0.25) is 0 Å². The first-order chi connectivity index (χ1) is 10.4. The fraction of sp³-hybridized carbons (Fsp3) is 0.684. The highest BCUT2D eigenvalue weighted by Crippen LogP contribution is 2.49. The van der Waals surface area contributed by atoms with Gasteiger partial charge in [-0.15, -0.1) is 0 Å². The summed E-state index contributed by atoms with van der Waals surface area (Å²) < 4.78 is 0. The SMILES string of the molecule is CCC1CN(C(C2CC2)C2CC2)C(c2ccccc2)CN1. The molecule has 21 heavy (non-hydrogen) atoms. The van der Waals surface area contributed by atoms with Gasteiger partial charge >= 0.3 is 0 Å². The van der Waals surface area contributed by atoms with Gasteiger partial charge in [0.15, 0.2) is 0 Å². The van der Waals surface area contributed by atoms with Gasteiger partial charge < -0.3 is 5.32 Å². The average Bonchev–Trinajstić information content (AvgIpc) is 3.43. The zero-order valence-electron chi connectivity index (χ0n) is 13.2. The molecule has 4 rings (SSSR count). The van der Waals surface area contributed by atoms with E-state index in [1.807, 2.05) is 0 Å². The van der Waals surface area contributed by atoms with Crippen LogP contribution in [0, 0.1) is 11.8 Å². The first-order valence-electron chi connectivity index (χ1n) is 8.91. The molecule has 2 heteroatoms. The summed E-state index contributed by atoms with van der Waals surface area (Å²) >= 11 is 0. The van der Waals surface area contributed by atoms with E-state index >= 15 is 0 Å². The van der Waals surface area contributed by atoms with Crippen LogP contribution in [0.25, 0.3) is 0 Å². The normalized spacial score (nSPS) is 30.8. The van der Waals surface area contributed by atoms with Crippen molar-refractivity contribution in [3.63, 3.8) is 0 Å². The van der Waals surface area contributed by atoms with Gasteiger partial charge in [0.2, 0.25) is 0 Å². The first kappa shape index (κ1) is 13.8. The van der Waals surface area contributed by atoms with Gasteiger partial charge in [-0.2, -0.15) is 0 Å². The topological polar surface area (TPSA) is 15.3 Å². The Morgan fingerprint density at radius 1 is 1.10 bits per heavy atom. The third-order valence-electron chi connectivity index (χ3n) is 5.70. The molecule has 0 radical (unpaired) electrons. The molecule has 2 saturated carbocycles. The Bertz CT molecular complexity index is 452. The van der Waals surface area contributed by atoms with Crippen LogP contribution in [0.5, 0.6) is 0 Å². The minimum absolute atomic E-state index is 0.584. The van der Waals surface area contributed by atoms with Crippen LogP contribution >= 0.6 is 0 Å². The molecule has 3 fully saturated rings. The Labute approximate surface area is 128 Å². The molecule has 1 heterocycles. The van der Waals surface area contributed by atoms with Crippen molar-refractivity contribution in [3.05, 3.63) is 35.9 Å². The second-order valence-corrected chi connectivity index (χ2v) is 7.30. The van der Waals surface area contributed by atoms with Crippen LogP contribution in [-0.4, -0.2) is 30.1 Å². The van der Waals surface area contributed by atoms with E-state index in [-0.39, 0.29) is 0 Å². The van der Waals surface area contributed by atoms with Crippen LogP contribution in [0.4, 0.5) is 0 Å². The van der Waals surface area contributed by atoms with Crippen LogP contribution in [0.1, 0.15) is 50.6 Å². The van der Waals surface area contributed by atoms with Gasteiger partial charge in [0, 0.05) is 31.2 Å². The van der Waals surface area contributed by atoms with Crippen LogP contribution in [0.3, 0.4) is 0 Å². The van der Waals surface area contributed by atoms with Gasteiger partial charge in [0.05, 0.1) is 0 Å². The van der Waals surface area contributed by atoms with Gasteiger partial charge in [-0.25, -0.2) is 0 Å². The largest absolute Gasteiger partial charge is 0.311 e. The summed E-state index contributed by atoms with van der Waals surface area (Å²) in [5.74, 6) is 2.00. The zero-order valence-corrected chi connectivity index (χ0v) is 13.2. The van der Waals surface area contributed by atoms with Crippen LogP contribution in [0.15, 0.2) is 30.3 Å². The highest BCUT2D eigenvalue weighted by Gasteiger charge is 2.47. The van der Waals surface area contributed by atoms with Crippen molar-refractivity contribution in [2.45, 2.75) is 57.2 Å². The van der Waals surface area contributed by atoms with Crippen molar-refractivity contribution in [1.82, 2.24) is 10.2 Å². The third kappa shape index (κ3) is 2.89. The molecule has 0 spiro atoms. The number of piperazine rings is 1. The number of nitrogens with one attached hydrogen (secondary N) is 1. The predicted molar refractivity (Wildman–Crippen MR) is 87.2 cm³/mol. The molecule has 3 aliphatic rings. The Morgan fingerprint density at radius 3 is 2.33 bits per heavy atom. The molecule has 1 aliphatic heterocycles. The molecule has 1 saturated heterocycles. The molecule has 1 aromatic rings. The summed E-state index contributed by atoms with van der Waals surface area (Å²) in [4.78, 5) is 2.90. The highest BCUT2D eigenvalue weighted by atomic mass is 15.3. The molecule has 2 aliphatic carbocycles. The molecule has 2 nitrogen and oxygen atoms in total. The molecule has 0 bridgehead atoms. The fourth-order valence-corrected chi connectivity index (χ4v) is 4.23. The van der Waals surface area contributed by atoms with Gasteiger partial charge in [0.25, 0.3) is 0 Å². The van der Waals surface area contributed by atoms with Gasteiger partial charge in [-0.3, -0.25) is 4.90 Å². The average molecular weight is 284 g/mol. The van der Waals surface area contributed by atoms with E-state index in [4.69, 9.17) is 0 Å². The maximum absolute atomic E-state index is 3.78. The van der Waals surface area contributed by atoms with Crippen molar-refractivity contribution in [1.29, 1.82) is 0 Å². The van der Waals surface area contributed by atoms with E-state index in [2.05, 4.69) is 47.5 Å². The number of hydrogen-bond acceptors (Lipinski definition) is 2. The van der Waals surface area contributed by atoms with Gasteiger partial charge in [0.1, 0.15) is 0 Å². The summed E-state index contributed by atoms with van der Waals surface area (Å²) in [6.45, 7) is 4.69. The lowest BCUT2D eigenvalue weighted by Crippen LogP contribution is -2.56. The summed E-state index contributed by atoms with van der Waals surface area (Å²) in [6, 6.07) is 13.3. The monoisotopic (exact) mass is 284 g/mol. The lowest BCUT2D eigenvalue weighted by Gasteiger charge is -2.45. The molecular weight excluding hydrogens is 256 g/mol. The van der Waals surface area contributed by atoms with Crippen LogP contribution < -0.4 is 5.32 Å². The van der Waals surface area contributed by atoms with Crippen molar-refractivity contribution >= 4 is 0 Å². The highest BCUT2D eigenvalue weighted by molar-refractivity contribution is 5.21. The molecular formula is C19H28N2. The Kier molecular flexibility index (Phi) is 3.76. The molecule has 0 amide bonds. The quantitative estimate of drug-likeness (QED) is 0.889. The smallest absolute Gasteiger partial charge is 0.0476 e. The summed E-state index contributed by atoms with van der Waals surface area (Å²) in [5, 5.41) is 3.78. The minimum atomic E-state index is 0.584. The first-order valence-corrected chi connectivity index (χ1v) is 8.91. The van der Waals surface area contributed by atoms with Crippen molar-refractivity contribution in [3.8, 4) is 0 Å². The molecule has 114 valence electrons. The summed E-state index contributed by atoms with van der Waals surface area (Å²) in [5.41, 5.74) is 1.51. The molecule has 2 unspecified atom stereocenters. The predicted octanol–water partition coefficient (Wildman–Crippen LogP) is 3.60. The van der Waals surface area contributed by atoms with Crippen molar-refractivity contribution < 1.29 is 0 Å². The van der Waals surface area contributed by atoms with E-state index in [0.717, 1.165) is 24.4 Å². The van der Waals surface area contributed by atoms with E-state index < -0.39 is 0 Å². The van der Waals surface area contributed by atoms with Crippen molar-refractivity contribution in [2.24, 2.45) is 11.8 Å². The molecule has 1 N–H and O–H groups in total. The van der Waals surface area contributed by atoms with E-state index in [1.165, 1.54) is 44.2 Å². The number of nitrogens with zero attached hydrogens (tertiary/aromatic N) is 1. The van der Waals surface area contributed by atoms with E-state index in [9.17, 15) is 0 Å². The minimum Gasteiger partial charge on any atom is -0.311 e. The summed E-state index contributed by atoms with van der Waals surface area (Å²) in [6.07, 6.45) is 7.15. The number of hydrogen-bond donors (Lipinski definition) is 1. The third-order valence-corrected chi connectivity index (χ3v) is 5.70. The second-order valence-electron chi connectivity index (χ2n) is 7.30. The van der Waals surface area contributed by atoms with Gasteiger partial charge in [-0.1, -0.05) is 37.3 Å². The van der Waals surface area contributed by atoms with E-state index in [0.29, 0.717) is 12.1 Å².